The molecule has 0 aromatic heterocycles. The predicted octanol–water partition coefficient (Wildman–Crippen LogP) is 3.21. The van der Waals surface area contributed by atoms with Crippen molar-refractivity contribution in [1.29, 1.82) is 0 Å². The number of piperazine rings is 1. The lowest BCUT2D eigenvalue weighted by molar-refractivity contribution is -0.141. The van der Waals surface area contributed by atoms with Crippen LogP contribution in [0.1, 0.15) is 57.2 Å². The first kappa shape index (κ1) is 35.9. The lowest BCUT2D eigenvalue weighted by Crippen LogP contribution is -2.63. The quantitative estimate of drug-likeness (QED) is 0.346. The Labute approximate surface area is 284 Å². The maximum absolute atomic E-state index is 14.5. The zero-order valence-corrected chi connectivity index (χ0v) is 29.2. The topological polar surface area (TPSA) is 94.7 Å². The van der Waals surface area contributed by atoms with E-state index in [1.807, 2.05) is 25.1 Å². The van der Waals surface area contributed by atoms with Gasteiger partial charge in [-0.15, -0.1) is 0 Å². The molecule has 10 nitrogen and oxygen atoms in total. The van der Waals surface area contributed by atoms with Crippen LogP contribution in [0.3, 0.4) is 0 Å². The van der Waals surface area contributed by atoms with Crippen LogP contribution in [0.2, 0.25) is 0 Å². The number of unbranched alkanes of at least 4 members (excludes halogenated alkanes) is 1. The molecule has 0 spiro atoms. The summed E-state index contributed by atoms with van der Waals surface area (Å²) in [7, 11) is 1.28. The number of amides is 2. The number of fused-ring (bicyclic) bond motifs is 1. The molecule has 4 atom stereocenters. The number of esters is 1. The van der Waals surface area contributed by atoms with Gasteiger partial charge >= 0.3 is 5.97 Å². The SMILES string of the molecule is CCCCN1CC(CN2CCOC[C@H]2C)N(CC(=O)N2CC(C)(C(=O)NCC(=O)OC)c3ccc(Cc4ccc(F)cc4)cc32)CC1C. The molecule has 11 heteroatoms. The van der Waals surface area contributed by atoms with Crippen LogP contribution in [-0.4, -0.2) is 123 Å². The third-order valence-electron chi connectivity index (χ3n) is 10.3. The third-order valence-corrected chi connectivity index (χ3v) is 10.3. The minimum absolute atomic E-state index is 0.0612. The van der Waals surface area contributed by atoms with Gasteiger partial charge in [0.25, 0.3) is 0 Å². The number of carbonyl (C=O) groups excluding carboxylic acids is 3. The number of rotatable bonds is 12. The Bertz CT molecular complexity index is 1440. The summed E-state index contributed by atoms with van der Waals surface area (Å²) in [4.78, 5) is 49.1. The molecular formula is C37H52FN5O5. The van der Waals surface area contributed by atoms with E-state index in [0.717, 1.165) is 62.3 Å². The highest BCUT2D eigenvalue weighted by molar-refractivity contribution is 6.03. The standard InChI is InChI=1S/C37H52FN5O5/c1-6-7-14-40-21-31(22-41-15-16-48-24-27(41)3)42(20-26(40)2)23-34(44)43-25-37(4,36(46)39-19-35(45)47-5)32-13-10-29(18-33(32)43)17-28-8-11-30(38)12-9-28/h8-13,18,26-27,31H,6-7,14-17,19-25H2,1-5H3,(H,39,46)/t26?,27-,31?,37?/m1/s1. The monoisotopic (exact) mass is 665 g/mol. The second kappa shape index (κ2) is 15.9. The molecule has 262 valence electrons. The first-order chi connectivity index (χ1) is 23.0. The number of ether oxygens (including phenoxy) is 2. The van der Waals surface area contributed by atoms with Crippen molar-refractivity contribution in [2.24, 2.45) is 0 Å². The summed E-state index contributed by atoms with van der Waals surface area (Å²) < 4.78 is 24.0. The number of nitrogens with one attached hydrogen (secondary N) is 1. The Morgan fingerprint density at radius 3 is 2.48 bits per heavy atom. The first-order valence-electron chi connectivity index (χ1n) is 17.4. The van der Waals surface area contributed by atoms with Gasteiger partial charge in [0.15, 0.2) is 0 Å². The van der Waals surface area contributed by atoms with Gasteiger partial charge in [-0.1, -0.05) is 37.6 Å². The van der Waals surface area contributed by atoms with Gasteiger partial charge in [-0.3, -0.25) is 29.1 Å². The second-order valence-corrected chi connectivity index (χ2v) is 13.9. The van der Waals surface area contributed by atoms with Gasteiger partial charge in [0.2, 0.25) is 11.8 Å². The highest BCUT2D eigenvalue weighted by Gasteiger charge is 2.47. The van der Waals surface area contributed by atoms with E-state index in [2.05, 4.69) is 40.8 Å². The Morgan fingerprint density at radius 2 is 1.77 bits per heavy atom. The Hall–Kier alpha value is -3.38. The van der Waals surface area contributed by atoms with Crippen molar-refractivity contribution in [2.75, 3.05) is 77.6 Å². The van der Waals surface area contributed by atoms with Gasteiger partial charge in [-0.05, 0) is 75.0 Å². The number of hydrogen-bond acceptors (Lipinski definition) is 8. The van der Waals surface area contributed by atoms with Crippen molar-refractivity contribution in [3.05, 3.63) is 65.0 Å². The molecule has 2 fully saturated rings. The molecular weight excluding hydrogens is 613 g/mol. The van der Waals surface area contributed by atoms with Crippen LogP contribution in [-0.2, 0) is 35.7 Å². The normalized spacial score (nSPS) is 25.1. The number of benzene rings is 2. The van der Waals surface area contributed by atoms with Crippen molar-refractivity contribution in [2.45, 2.75) is 70.5 Å². The Kier molecular flexibility index (Phi) is 11.9. The van der Waals surface area contributed by atoms with E-state index >= 15 is 0 Å². The molecule has 5 rings (SSSR count). The molecule has 2 saturated heterocycles. The van der Waals surface area contributed by atoms with E-state index in [1.165, 1.54) is 19.2 Å². The predicted molar refractivity (Wildman–Crippen MR) is 184 cm³/mol. The van der Waals surface area contributed by atoms with Crippen LogP contribution in [0.15, 0.2) is 42.5 Å². The summed E-state index contributed by atoms with van der Waals surface area (Å²) in [6, 6.07) is 13.0. The van der Waals surface area contributed by atoms with Gasteiger partial charge in [0.05, 0.1) is 32.3 Å². The zero-order chi connectivity index (χ0) is 34.4. The molecule has 0 bridgehead atoms. The van der Waals surface area contributed by atoms with Crippen LogP contribution in [0.4, 0.5) is 10.1 Å². The van der Waals surface area contributed by atoms with Crippen molar-refractivity contribution < 1.29 is 28.2 Å². The molecule has 2 aromatic rings. The van der Waals surface area contributed by atoms with Crippen molar-refractivity contribution in [1.82, 2.24) is 20.0 Å². The summed E-state index contributed by atoms with van der Waals surface area (Å²) in [6.45, 7) is 14.5. The fraction of sp³-hybridized carbons (Fsp3) is 0.595. The Morgan fingerprint density at radius 1 is 1.02 bits per heavy atom. The maximum Gasteiger partial charge on any atom is 0.325 e. The Balaban J connectivity index is 1.41. The minimum Gasteiger partial charge on any atom is -0.468 e. The van der Waals surface area contributed by atoms with Gasteiger partial charge in [-0.25, -0.2) is 4.39 Å². The van der Waals surface area contributed by atoms with Crippen LogP contribution in [0.5, 0.6) is 0 Å². The van der Waals surface area contributed by atoms with Gasteiger partial charge in [0.1, 0.15) is 12.4 Å². The zero-order valence-electron chi connectivity index (χ0n) is 29.2. The van der Waals surface area contributed by atoms with E-state index in [1.54, 1.807) is 17.0 Å². The van der Waals surface area contributed by atoms with Crippen LogP contribution in [0, 0.1) is 5.82 Å². The summed E-state index contributed by atoms with van der Waals surface area (Å²) in [5, 5.41) is 2.72. The molecule has 48 heavy (non-hydrogen) atoms. The van der Waals surface area contributed by atoms with Crippen LogP contribution < -0.4 is 10.2 Å². The third kappa shape index (κ3) is 8.25. The van der Waals surface area contributed by atoms with E-state index in [4.69, 9.17) is 9.47 Å². The fourth-order valence-corrected chi connectivity index (χ4v) is 7.31. The number of morpholine rings is 1. The van der Waals surface area contributed by atoms with E-state index < -0.39 is 11.4 Å². The molecule has 3 unspecified atom stereocenters. The summed E-state index contributed by atoms with van der Waals surface area (Å²) in [5.74, 6) is -1.23. The molecule has 3 aliphatic rings. The molecule has 2 aromatic carbocycles. The number of nitrogens with zero attached hydrogens (tertiary/aromatic N) is 4. The summed E-state index contributed by atoms with van der Waals surface area (Å²) in [6.07, 6.45) is 2.84. The maximum atomic E-state index is 14.5. The lowest BCUT2D eigenvalue weighted by atomic mass is 9.83. The van der Waals surface area contributed by atoms with E-state index in [9.17, 15) is 18.8 Å². The minimum atomic E-state index is -1.07. The van der Waals surface area contributed by atoms with Gasteiger partial charge in [0, 0.05) is 56.5 Å². The molecule has 0 saturated carbocycles. The number of hydrogen-bond donors (Lipinski definition) is 1. The fourth-order valence-electron chi connectivity index (χ4n) is 7.31. The molecule has 1 N–H and O–H groups in total. The van der Waals surface area contributed by atoms with E-state index in [-0.39, 0.29) is 43.3 Å². The molecule has 2 amide bonds. The van der Waals surface area contributed by atoms with Crippen molar-refractivity contribution >= 4 is 23.5 Å². The lowest BCUT2D eigenvalue weighted by Gasteiger charge is -2.48. The molecule has 3 heterocycles. The average molecular weight is 666 g/mol. The first-order valence-corrected chi connectivity index (χ1v) is 17.4. The number of halogens is 1. The second-order valence-electron chi connectivity index (χ2n) is 13.9. The largest absolute Gasteiger partial charge is 0.468 e. The number of methoxy groups -OCH3 is 1. The van der Waals surface area contributed by atoms with Crippen LogP contribution >= 0.6 is 0 Å². The molecule has 0 aliphatic carbocycles. The highest BCUT2D eigenvalue weighted by atomic mass is 19.1. The highest BCUT2D eigenvalue weighted by Crippen LogP contribution is 2.42. The number of carbonyl (C=O) groups is 3. The van der Waals surface area contributed by atoms with Crippen molar-refractivity contribution in [3.63, 3.8) is 0 Å². The average Bonchev–Trinajstić information content (AvgIpc) is 3.38. The van der Waals surface area contributed by atoms with Gasteiger partial charge < -0.3 is 19.7 Å². The number of anilines is 1. The summed E-state index contributed by atoms with van der Waals surface area (Å²) >= 11 is 0. The van der Waals surface area contributed by atoms with Crippen molar-refractivity contribution in [3.8, 4) is 0 Å². The molecule has 3 aliphatic heterocycles. The summed E-state index contributed by atoms with van der Waals surface area (Å²) in [5.41, 5.74) is 2.26. The van der Waals surface area contributed by atoms with E-state index in [0.29, 0.717) is 37.4 Å². The van der Waals surface area contributed by atoms with Crippen LogP contribution in [0.25, 0.3) is 0 Å². The van der Waals surface area contributed by atoms with Gasteiger partial charge in [-0.2, -0.15) is 0 Å². The smallest absolute Gasteiger partial charge is 0.325 e. The molecule has 0 radical (unpaired) electrons.